The van der Waals surface area contributed by atoms with Crippen molar-refractivity contribution in [1.29, 1.82) is 0 Å². The van der Waals surface area contributed by atoms with Crippen LogP contribution in [0.1, 0.15) is 35.9 Å². The number of amides is 1. The van der Waals surface area contributed by atoms with Gasteiger partial charge in [0.25, 0.3) is 5.91 Å². The van der Waals surface area contributed by atoms with Crippen LogP contribution in [0.2, 0.25) is 5.02 Å². The molecular weight excluding hydrogens is 377 g/mol. The molecule has 0 saturated carbocycles. The van der Waals surface area contributed by atoms with E-state index < -0.39 is 11.4 Å². The Bertz CT molecular complexity index is 861. The third kappa shape index (κ3) is 3.81. The summed E-state index contributed by atoms with van der Waals surface area (Å²) in [4.78, 5) is 24.5. The van der Waals surface area contributed by atoms with Gasteiger partial charge in [-0.05, 0) is 31.0 Å². The molecule has 2 heterocycles. The minimum absolute atomic E-state index is 0.0261. The van der Waals surface area contributed by atoms with Crippen LogP contribution in [0.4, 0.5) is 10.1 Å². The van der Waals surface area contributed by atoms with Gasteiger partial charge in [-0.3, -0.25) is 9.79 Å². The maximum Gasteiger partial charge on any atom is 0.293 e. The Morgan fingerprint density at radius 3 is 2.81 bits per heavy atom. The minimum Gasteiger partial charge on any atom is -0.379 e. The highest BCUT2D eigenvalue weighted by Crippen LogP contribution is 2.40. The van der Waals surface area contributed by atoms with Crippen molar-refractivity contribution in [2.45, 2.75) is 25.3 Å². The predicted molar refractivity (Wildman–Crippen MR) is 102 cm³/mol. The average Bonchev–Trinajstić information content (AvgIpc) is 2.63. The molecular formula is C17H17ClFN5OS. The Kier molecular flexibility index (Phi) is 5.43. The van der Waals surface area contributed by atoms with Gasteiger partial charge in [0.1, 0.15) is 5.82 Å². The summed E-state index contributed by atoms with van der Waals surface area (Å²) >= 11 is 7.18. The normalized spacial score (nSPS) is 19.7. The summed E-state index contributed by atoms with van der Waals surface area (Å²) in [6, 6.07) is 4.40. The molecule has 0 radical (unpaired) electrons. The van der Waals surface area contributed by atoms with E-state index in [1.54, 1.807) is 6.07 Å². The van der Waals surface area contributed by atoms with Crippen molar-refractivity contribution < 1.29 is 9.18 Å². The second-order valence-corrected chi connectivity index (χ2v) is 7.36. The Labute approximate surface area is 159 Å². The number of hydrogen-bond donors (Lipinski definition) is 2. The highest BCUT2D eigenvalue weighted by molar-refractivity contribution is 8.13. The highest BCUT2D eigenvalue weighted by atomic mass is 35.5. The Morgan fingerprint density at radius 2 is 2.15 bits per heavy atom. The van der Waals surface area contributed by atoms with E-state index in [1.807, 2.05) is 6.92 Å². The van der Waals surface area contributed by atoms with E-state index in [-0.39, 0.29) is 11.6 Å². The summed E-state index contributed by atoms with van der Waals surface area (Å²) in [5.74, 6) is -0.150. The monoisotopic (exact) mass is 393 g/mol. The number of aliphatic imine (C=N–C) groups is 1. The molecule has 0 spiro atoms. The third-order valence-corrected chi connectivity index (χ3v) is 5.21. The summed E-state index contributed by atoms with van der Waals surface area (Å²) < 4.78 is 14.5. The van der Waals surface area contributed by atoms with Crippen LogP contribution in [-0.4, -0.2) is 26.8 Å². The average molecular weight is 394 g/mol. The summed E-state index contributed by atoms with van der Waals surface area (Å²) in [5.41, 5.74) is 6.00. The van der Waals surface area contributed by atoms with Crippen LogP contribution in [0.25, 0.3) is 0 Å². The molecule has 1 amide bonds. The van der Waals surface area contributed by atoms with Gasteiger partial charge in [0.05, 0.1) is 10.6 Å². The van der Waals surface area contributed by atoms with Gasteiger partial charge in [0.15, 0.2) is 5.17 Å². The van der Waals surface area contributed by atoms with Crippen molar-refractivity contribution in [1.82, 2.24) is 9.97 Å². The van der Waals surface area contributed by atoms with Crippen LogP contribution >= 0.6 is 23.4 Å². The maximum absolute atomic E-state index is 14.5. The molecule has 3 N–H and O–H groups in total. The van der Waals surface area contributed by atoms with Gasteiger partial charge in [0.2, 0.25) is 5.82 Å². The van der Waals surface area contributed by atoms with E-state index in [1.165, 1.54) is 36.3 Å². The molecule has 26 heavy (non-hydrogen) atoms. The second-order valence-electron chi connectivity index (χ2n) is 5.81. The number of nitrogens with two attached hydrogens (primary N) is 1. The number of nitrogens with one attached hydrogen (secondary N) is 1. The highest BCUT2D eigenvalue weighted by Gasteiger charge is 2.35. The standard InChI is InChI=1S/C17H17ClFN5OS/c1-2-17(5-6-26-16(20)24-17)12-7-11(3-4-13(12)19)23-15(25)14-21-8-10(18)9-22-14/h3-4,7-9H,2,5-6H2,1H3,(H2,20,24)(H,23,25)/t17-/m0/s1. The molecule has 3 rings (SSSR count). The quantitative estimate of drug-likeness (QED) is 0.828. The fourth-order valence-corrected chi connectivity index (χ4v) is 3.83. The predicted octanol–water partition coefficient (Wildman–Crippen LogP) is 3.58. The van der Waals surface area contributed by atoms with Gasteiger partial charge < -0.3 is 11.1 Å². The molecule has 136 valence electrons. The van der Waals surface area contributed by atoms with Gasteiger partial charge in [-0.2, -0.15) is 0 Å². The number of amidine groups is 1. The first kappa shape index (κ1) is 18.6. The molecule has 0 fully saturated rings. The van der Waals surface area contributed by atoms with E-state index in [4.69, 9.17) is 17.3 Å². The molecule has 1 aliphatic heterocycles. The molecule has 1 aliphatic rings. The zero-order chi connectivity index (χ0) is 18.7. The molecule has 1 atom stereocenters. The van der Waals surface area contributed by atoms with Crippen molar-refractivity contribution >= 4 is 40.1 Å². The minimum atomic E-state index is -0.725. The number of thioether (sulfide) groups is 1. The van der Waals surface area contributed by atoms with Gasteiger partial charge in [-0.25, -0.2) is 14.4 Å². The largest absolute Gasteiger partial charge is 0.379 e. The van der Waals surface area contributed by atoms with E-state index in [2.05, 4.69) is 20.3 Å². The van der Waals surface area contributed by atoms with Gasteiger partial charge in [0, 0.05) is 29.4 Å². The molecule has 6 nitrogen and oxygen atoms in total. The number of hydrogen-bond acceptors (Lipinski definition) is 6. The lowest BCUT2D eigenvalue weighted by Gasteiger charge is -2.33. The van der Waals surface area contributed by atoms with Crippen molar-refractivity contribution in [3.63, 3.8) is 0 Å². The maximum atomic E-state index is 14.5. The van der Waals surface area contributed by atoms with Crippen LogP contribution in [0, 0.1) is 5.82 Å². The zero-order valence-corrected chi connectivity index (χ0v) is 15.6. The van der Waals surface area contributed by atoms with Crippen LogP contribution in [0.5, 0.6) is 0 Å². The first-order chi connectivity index (χ1) is 12.4. The topological polar surface area (TPSA) is 93.3 Å². The van der Waals surface area contributed by atoms with E-state index in [0.717, 1.165) is 5.75 Å². The fraction of sp³-hybridized carbons (Fsp3) is 0.294. The summed E-state index contributed by atoms with van der Waals surface area (Å²) in [5, 5.41) is 3.46. The molecule has 0 unspecified atom stereocenters. The molecule has 0 aliphatic carbocycles. The van der Waals surface area contributed by atoms with Crippen molar-refractivity contribution in [2.75, 3.05) is 11.1 Å². The Hall–Kier alpha value is -2.19. The molecule has 9 heteroatoms. The van der Waals surface area contributed by atoms with Crippen LogP contribution in [-0.2, 0) is 5.54 Å². The lowest BCUT2D eigenvalue weighted by Crippen LogP contribution is -2.32. The molecule has 2 aromatic rings. The molecule has 1 aromatic carbocycles. The van der Waals surface area contributed by atoms with Gasteiger partial charge in [-0.1, -0.05) is 30.3 Å². The number of carbonyl (C=O) groups is 1. The number of rotatable bonds is 4. The summed E-state index contributed by atoms with van der Waals surface area (Å²) in [6.45, 7) is 1.94. The van der Waals surface area contributed by atoms with E-state index in [0.29, 0.717) is 34.3 Å². The van der Waals surface area contributed by atoms with E-state index >= 15 is 0 Å². The number of nitrogens with zero attached hydrogens (tertiary/aromatic N) is 3. The SMILES string of the molecule is CC[C@@]1(c2cc(NC(=O)c3ncc(Cl)cn3)ccc2F)CCSC(N)=N1. The summed E-state index contributed by atoms with van der Waals surface area (Å²) in [6.07, 6.45) is 3.94. The van der Waals surface area contributed by atoms with Gasteiger partial charge >= 0.3 is 0 Å². The number of halogens is 2. The smallest absolute Gasteiger partial charge is 0.293 e. The zero-order valence-electron chi connectivity index (χ0n) is 14.0. The lowest BCUT2D eigenvalue weighted by molar-refractivity contribution is 0.101. The molecule has 1 aromatic heterocycles. The van der Waals surface area contributed by atoms with Gasteiger partial charge in [-0.15, -0.1) is 0 Å². The summed E-state index contributed by atoms with van der Waals surface area (Å²) in [7, 11) is 0. The first-order valence-electron chi connectivity index (χ1n) is 8.00. The Balaban J connectivity index is 1.91. The molecule has 0 saturated heterocycles. The third-order valence-electron chi connectivity index (χ3n) is 4.22. The first-order valence-corrected chi connectivity index (χ1v) is 9.37. The lowest BCUT2D eigenvalue weighted by atomic mass is 9.84. The van der Waals surface area contributed by atoms with Crippen LogP contribution in [0.15, 0.2) is 35.6 Å². The number of benzene rings is 1. The second kappa shape index (κ2) is 7.59. The van der Waals surface area contributed by atoms with Crippen LogP contribution < -0.4 is 11.1 Å². The van der Waals surface area contributed by atoms with E-state index in [9.17, 15) is 9.18 Å². The van der Waals surface area contributed by atoms with Crippen molar-refractivity contribution in [2.24, 2.45) is 10.7 Å². The van der Waals surface area contributed by atoms with Crippen LogP contribution in [0.3, 0.4) is 0 Å². The number of aromatic nitrogens is 2. The number of carbonyl (C=O) groups excluding carboxylic acids is 1. The molecule has 0 bridgehead atoms. The van der Waals surface area contributed by atoms with Crippen molar-refractivity contribution in [3.05, 3.63) is 52.8 Å². The number of anilines is 1. The Morgan fingerprint density at radius 1 is 1.42 bits per heavy atom. The fourth-order valence-electron chi connectivity index (χ4n) is 2.84. The van der Waals surface area contributed by atoms with Crippen molar-refractivity contribution in [3.8, 4) is 0 Å².